The summed E-state index contributed by atoms with van der Waals surface area (Å²) in [5.74, 6) is -0.986. The third kappa shape index (κ3) is 3.08. The average molecular weight is 323 g/mol. The molecule has 1 rings (SSSR count). The van der Waals surface area contributed by atoms with Crippen LogP contribution >= 0.6 is 31.9 Å². The van der Waals surface area contributed by atoms with Crippen LogP contribution in [0.2, 0.25) is 0 Å². The predicted molar refractivity (Wildman–Crippen MR) is 61.2 cm³/mol. The van der Waals surface area contributed by atoms with Gasteiger partial charge in [0, 0.05) is 8.95 Å². The lowest BCUT2D eigenvalue weighted by Gasteiger charge is -2.08. The minimum atomic E-state index is -0.986. The molecule has 0 saturated carbocycles. The van der Waals surface area contributed by atoms with Gasteiger partial charge in [-0.15, -0.1) is 0 Å². The summed E-state index contributed by atoms with van der Waals surface area (Å²) < 4.78 is 1.81. The van der Waals surface area contributed by atoms with Gasteiger partial charge < -0.3 is 10.8 Å². The maximum absolute atomic E-state index is 10.5. The number of carboxylic acid groups (broad SMARTS) is 1. The van der Waals surface area contributed by atoms with E-state index in [1.165, 1.54) is 0 Å². The zero-order chi connectivity index (χ0) is 10.7. The summed E-state index contributed by atoms with van der Waals surface area (Å²) in [5, 5.41) is 8.64. The third-order valence-corrected chi connectivity index (χ3v) is 3.00. The molecule has 0 unspecified atom stereocenters. The number of hydrogen-bond acceptors (Lipinski definition) is 2. The topological polar surface area (TPSA) is 63.3 Å². The van der Waals surface area contributed by atoms with Gasteiger partial charge in [0.1, 0.15) is 6.04 Å². The Morgan fingerprint density at radius 1 is 1.50 bits per heavy atom. The van der Waals surface area contributed by atoms with Crippen LogP contribution < -0.4 is 5.73 Å². The van der Waals surface area contributed by atoms with E-state index in [0.717, 1.165) is 14.5 Å². The van der Waals surface area contributed by atoms with E-state index in [4.69, 9.17) is 10.8 Å². The summed E-state index contributed by atoms with van der Waals surface area (Å²) in [5.41, 5.74) is 6.32. The number of carbonyl (C=O) groups is 1. The van der Waals surface area contributed by atoms with Crippen LogP contribution in [0, 0.1) is 0 Å². The number of carboxylic acids is 1. The number of halogens is 2. The van der Waals surface area contributed by atoms with Gasteiger partial charge in [-0.2, -0.15) is 0 Å². The number of benzene rings is 1. The molecule has 0 radical (unpaired) electrons. The fourth-order valence-corrected chi connectivity index (χ4v) is 2.22. The lowest BCUT2D eigenvalue weighted by atomic mass is 10.1. The molecule has 0 bridgehead atoms. The quantitative estimate of drug-likeness (QED) is 0.896. The van der Waals surface area contributed by atoms with Crippen molar-refractivity contribution in [1.29, 1.82) is 0 Å². The Labute approximate surface area is 98.6 Å². The molecule has 0 spiro atoms. The lowest BCUT2D eigenvalue weighted by molar-refractivity contribution is -0.138. The Hall–Kier alpha value is -0.390. The first-order valence-electron chi connectivity index (χ1n) is 3.93. The van der Waals surface area contributed by atoms with E-state index >= 15 is 0 Å². The van der Waals surface area contributed by atoms with E-state index in [1.54, 1.807) is 0 Å². The number of hydrogen-bond donors (Lipinski definition) is 2. The van der Waals surface area contributed by atoms with Crippen molar-refractivity contribution in [2.45, 2.75) is 12.5 Å². The van der Waals surface area contributed by atoms with E-state index in [9.17, 15) is 4.79 Å². The molecule has 0 aliphatic rings. The Bertz CT molecular complexity index is 355. The van der Waals surface area contributed by atoms with Crippen molar-refractivity contribution in [3.05, 3.63) is 32.7 Å². The standard InChI is InChI=1S/C9H9Br2NO2/c10-6-2-1-5(7(11)4-6)3-8(12)9(13)14/h1-2,4,8H,3,12H2,(H,13,14)/t8-/m1/s1. The average Bonchev–Trinajstić information content (AvgIpc) is 2.09. The molecule has 0 fully saturated rings. The van der Waals surface area contributed by atoms with Gasteiger partial charge in [0.2, 0.25) is 0 Å². The third-order valence-electron chi connectivity index (χ3n) is 1.77. The second-order valence-corrected chi connectivity index (χ2v) is 4.65. The van der Waals surface area contributed by atoms with Crippen molar-refractivity contribution in [3.8, 4) is 0 Å². The molecule has 3 nitrogen and oxygen atoms in total. The summed E-state index contributed by atoms with van der Waals surface area (Å²) in [7, 11) is 0. The summed E-state index contributed by atoms with van der Waals surface area (Å²) >= 11 is 6.66. The normalized spacial score (nSPS) is 12.5. The van der Waals surface area contributed by atoms with Crippen LogP contribution in [0.15, 0.2) is 27.1 Å². The molecule has 3 N–H and O–H groups in total. The molecule has 0 saturated heterocycles. The van der Waals surface area contributed by atoms with Crippen molar-refractivity contribution in [2.75, 3.05) is 0 Å². The Morgan fingerprint density at radius 2 is 2.14 bits per heavy atom. The van der Waals surface area contributed by atoms with Crippen molar-refractivity contribution >= 4 is 37.8 Å². The van der Waals surface area contributed by atoms with Crippen molar-refractivity contribution in [3.63, 3.8) is 0 Å². The zero-order valence-electron chi connectivity index (χ0n) is 7.21. The maximum atomic E-state index is 10.5. The molecule has 0 heterocycles. The van der Waals surface area contributed by atoms with Gasteiger partial charge in [-0.25, -0.2) is 0 Å². The van der Waals surface area contributed by atoms with Crippen LogP contribution in [0.25, 0.3) is 0 Å². The van der Waals surface area contributed by atoms with E-state index in [1.807, 2.05) is 18.2 Å². The van der Waals surface area contributed by atoms with Gasteiger partial charge in [0.25, 0.3) is 0 Å². The molecule has 14 heavy (non-hydrogen) atoms. The van der Waals surface area contributed by atoms with Gasteiger partial charge >= 0.3 is 5.97 Å². The molecule has 0 amide bonds. The first kappa shape index (κ1) is 11.7. The molecule has 0 aliphatic carbocycles. The minimum Gasteiger partial charge on any atom is -0.480 e. The summed E-state index contributed by atoms with van der Waals surface area (Å²) in [6.07, 6.45) is 0.323. The summed E-state index contributed by atoms with van der Waals surface area (Å²) in [6.45, 7) is 0. The Kier molecular flexibility index (Phi) is 4.10. The van der Waals surface area contributed by atoms with Gasteiger partial charge in [-0.05, 0) is 24.1 Å². The lowest BCUT2D eigenvalue weighted by Crippen LogP contribution is -2.32. The smallest absolute Gasteiger partial charge is 0.320 e. The minimum absolute atomic E-state index is 0.323. The van der Waals surface area contributed by atoms with E-state index < -0.39 is 12.0 Å². The first-order chi connectivity index (χ1) is 6.50. The molecule has 1 aromatic carbocycles. The van der Waals surface area contributed by atoms with Gasteiger partial charge in [0.05, 0.1) is 0 Å². The molecule has 5 heteroatoms. The maximum Gasteiger partial charge on any atom is 0.320 e. The first-order valence-corrected chi connectivity index (χ1v) is 5.51. The van der Waals surface area contributed by atoms with Gasteiger partial charge in [0.15, 0.2) is 0 Å². The highest BCUT2D eigenvalue weighted by atomic mass is 79.9. The summed E-state index contributed by atoms with van der Waals surface area (Å²) in [6, 6.07) is 4.71. The highest BCUT2D eigenvalue weighted by Gasteiger charge is 2.13. The monoisotopic (exact) mass is 321 g/mol. The van der Waals surface area contributed by atoms with E-state index in [-0.39, 0.29) is 0 Å². The second kappa shape index (κ2) is 4.91. The van der Waals surface area contributed by atoms with E-state index in [0.29, 0.717) is 6.42 Å². The number of nitrogens with two attached hydrogens (primary N) is 1. The molecular formula is C9H9Br2NO2. The van der Waals surface area contributed by atoms with Crippen LogP contribution in [0.3, 0.4) is 0 Å². The largest absolute Gasteiger partial charge is 0.480 e. The van der Waals surface area contributed by atoms with Crippen molar-refractivity contribution in [1.82, 2.24) is 0 Å². The Balaban J connectivity index is 2.82. The zero-order valence-corrected chi connectivity index (χ0v) is 10.4. The second-order valence-electron chi connectivity index (χ2n) is 2.88. The Morgan fingerprint density at radius 3 is 2.64 bits per heavy atom. The highest BCUT2D eigenvalue weighted by Crippen LogP contribution is 2.22. The highest BCUT2D eigenvalue weighted by molar-refractivity contribution is 9.11. The van der Waals surface area contributed by atoms with Crippen LogP contribution in [-0.2, 0) is 11.2 Å². The SMILES string of the molecule is N[C@H](Cc1ccc(Br)cc1Br)C(=O)O. The van der Waals surface area contributed by atoms with Crippen LogP contribution in [-0.4, -0.2) is 17.1 Å². The number of aliphatic carboxylic acids is 1. The molecular weight excluding hydrogens is 314 g/mol. The van der Waals surface area contributed by atoms with Crippen LogP contribution in [0.4, 0.5) is 0 Å². The van der Waals surface area contributed by atoms with Gasteiger partial charge in [-0.1, -0.05) is 37.9 Å². The van der Waals surface area contributed by atoms with Gasteiger partial charge in [-0.3, -0.25) is 4.79 Å². The van der Waals surface area contributed by atoms with E-state index in [2.05, 4.69) is 31.9 Å². The molecule has 0 aliphatic heterocycles. The molecule has 1 atom stereocenters. The van der Waals surface area contributed by atoms with Crippen LogP contribution in [0.5, 0.6) is 0 Å². The molecule has 1 aromatic rings. The predicted octanol–water partition coefficient (Wildman–Crippen LogP) is 2.17. The molecule has 0 aromatic heterocycles. The van der Waals surface area contributed by atoms with Crippen molar-refractivity contribution < 1.29 is 9.90 Å². The summed E-state index contributed by atoms with van der Waals surface area (Å²) in [4.78, 5) is 10.5. The van der Waals surface area contributed by atoms with Crippen molar-refractivity contribution in [2.24, 2.45) is 5.73 Å². The fraction of sp³-hybridized carbons (Fsp3) is 0.222. The van der Waals surface area contributed by atoms with Crippen LogP contribution in [0.1, 0.15) is 5.56 Å². The fourth-order valence-electron chi connectivity index (χ4n) is 1.01. The number of rotatable bonds is 3. The molecule has 76 valence electrons.